The second-order valence-electron chi connectivity index (χ2n) is 6.67. The van der Waals surface area contributed by atoms with E-state index in [1.54, 1.807) is 23.8 Å². The van der Waals surface area contributed by atoms with Gasteiger partial charge in [0, 0.05) is 18.8 Å². The first-order valence-corrected chi connectivity index (χ1v) is 11.1. The standard InChI is InChI=1S/C23H30N2O3S/c1-4-21(23(27)24-5-2)25(15-19-12-9-13-20(14-19)28-3)22(26)17-29-16-18-10-7-6-8-11-18/h6-14,21H,4-5,15-17H2,1-3H3,(H,24,27). The second kappa shape index (κ2) is 12.2. The summed E-state index contributed by atoms with van der Waals surface area (Å²) in [5.41, 5.74) is 2.12. The van der Waals surface area contributed by atoms with E-state index in [4.69, 9.17) is 4.74 Å². The molecular formula is C23H30N2O3S. The van der Waals surface area contributed by atoms with Crippen molar-refractivity contribution in [2.24, 2.45) is 0 Å². The molecule has 1 atom stereocenters. The summed E-state index contributed by atoms with van der Waals surface area (Å²) in [5, 5.41) is 2.86. The zero-order valence-corrected chi connectivity index (χ0v) is 18.2. The fourth-order valence-corrected chi connectivity index (χ4v) is 3.96. The van der Waals surface area contributed by atoms with E-state index >= 15 is 0 Å². The molecular weight excluding hydrogens is 384 g/mol. The van der Waals surface area contributed by atoms with E-state index in [1.807, 2.05) is 56.3 Å². The van der Waals surface area contributed by atoms with Gasteiger partial charge in [0.2, 0.25) is 11.8 Å². The summed E-state index contributed by atoms with van der Waals surface area (Å²) in [6.07, 6.45) is 0.560. The van der Waals surface area contributed by atoms with Crippen LogP contribution in [0.2, 0.25) is 0 Å². The zero-order valence-electron chi connectivity index (χ0n) is 17.4. The van der Waals surface area contributed by atoms with Crippen molar-refractivity contribution in [2.45, 2.75) is 38.6 Å². The van der Waals surface area contributed by atoms with Gasteiger partial charge >= 0.3 is 0 Å². The molecule has 5 nitrogen and oxygen atoms in total. The van der Waals surface area contributed by atoms with Crippen molar-refractivity contribution in [1.29, 1.82) is 0 Å². The number of hydrogen-bond acceptors (Lipinski definition) is 4. The number of nitrogens with zero attached hydrogens (tertiary/aromatic N) is 1. The average molecular weight is 415 g/mol. The van der Waals surface area contributed by atoms with Crippen LogP contribution in [-0.2, 0) is 21.9 Å². The van der Waals surface area contributed by atoms with E-state index in [0.29, 0.717) is 25.3 Å². The Bertz CT molecular complexity index is 783. The highest BCUT2D eigenvalue weighted by Crippen LogP contribution is 2.19. The van der Waals surface area contributed by atoms with Crippen LogP contribution >= 0.6 is 11.8 Å². The minimum absolute atomic E-state index is 0.0353. The fourth-order valence-electron chi connectivity index (χ4n) is 3.09. The molecule has 0 heterocycles. The van der Waals surface area contributed by atoms with Gasteiger partial charge < -0.3 is 15.0 Å². The van der Waals surface area contributed by atoms with Crippen LogP contribution in [0.4, 0.5) is 0 Å². The number of likely N-dealkylation sites (N-methyl/N-ethyl adjacent to an activating group) is 1. The number of benzene rings is 2. The molecule has 2 aromatic carbocycles. The molecule has 0 saturated carbocycles. The molecule has 1 N–H and O–H groups in total. The molecule has 0 aliphatic carbocycles. The lowest BCUT2D eigenvalue weighted by Crippen LogP contribution is -2.49. The van der Waals surface area contributed by atoms with Crippen molar-refractivity contribution in [3.8, 4) is 5.75 Å². The number of nitrogens with one attached hydrogen (secondary N) is 1. The Morgan fingerprint density at radius 1 is 1.07 bits per heavy atom. The number of hydrogen-bond donors (Lipinski definition) is 1. The normalized spacial score (nSPS) is 11.6. The molecule has 0 fully saturated rings. The molecule has 0 bridgehead atoms. The van der Waals surface area contributed by atoms with Crippen LogP contribution in [0.5, 0.6) is 5.75 Å². The van der Waals surface area contributed by atoms with Gasteiger partial charge in [-0.25, -0.2) is 0 Å². The van der Waals surface area contributed by atoms with Gasteiger partial charge in [-0.1, -0.05) is 49.4 Å². The van der Waals surface area contributed by atoms with Crippen molar-refractivity contribution in [3.05, 3.63) is 65.7 Å². The smallest absolute Gasteiger partial charge is 0.242 e. The Hall–Kier alpha value is -2.47. The SMILES string of the molecule is CCNC(=O)C(CC)N(Cc1cccc(OC)c1)C(=O)CSCc1ccccc1. The summed E-state index contributed by atoms with van der Waals surface area (Å²) < 4.78 is 5.30. The molecule has 6 heteroatoms. The van der Waals surface area contributed by atoms with Gasteiger partial charge in [-0.05, 0) is 36.6 Å². The first-order valence-electron chi connectivity index (χ1n) is 9.90. The van der Waals surface area contributed by atoms with Crippen molar-refractivity contribution in [1.82, 2.24) is 10.2 Å². The van der Waals surface area contributed by atoms with Crippen LogP contribution in [-0.4, -0.2) is 42.2 Å². The predicted octanol–water partition coefficient (Wildman–Crippen LogP) is 3.87. The Kier molecular flexibility index (Phi) is 9.57. The monoisotopic (exact) mass is 414 g/mol. The van der Waals surface area contributed by atoms with Gasteiger partial charge in [0.05, 0.1) is 12.9 Å². The van der Waals surface area contributed by atoms with Crippen molar-refractivity contribution in [3.63, 3.8) is 0 Å². The molecule has 156 valence electrons. The Balaban J connectivity index is 2.13. The van der Waals surface area contributed by atoms with Crippen LogP contribution in [0.25, 0.3) is 0 Å². The number of amides is 2. The Morgan fingerprint density at radius 3 is 2.45 bits per heavy atom. The maximum absolute atomic E-state index is 13.1. The molecule has 0 aromatic heterocycles. The highest BCUT2D eigenvalue weighted by atomic mass is 32.2. The number of methoxy groups -OCH3 is 1. The first-order chi connectivity index (χ1) is 14.1. The summed E-state index contributed by atoms with van der Waals surface area (Å²) in [4.78, 5) is 27.4. The minimum atomic E-state index is -0.494. The maximum atomic E-state index is 13.1. The molecule has 0 aliphatic heterocycles. The zero-order chi connectivity index (χ0) is 21.1. The van der Waals surface area contributed by atoms with E-state index in [0.717, 1.165) is 17.1 Å². The van der Waals surface area contributed by atoms with Gasteiger partial charge in [0.25, 0.3) is 0 Å². The van der Waals surface area contributed by atoms with Gasteiger partial charge in [-0.2, -0.15) is 0 Å². The molecule has 0 spiro atoms. The average Bonchev–Trinajstić information content (AvgIpc) is 2.74. The summed E-state index contributed by atoms with van der Waals surface area (Å²) in [6, 6.07) is 17.2. The number of rotatable bonds is 11. The van der Waals surface area contributed by atoms with Gasteiger partial charge in [-0.3, -0.25) is 9.59 Å². The minimum Gasteiger partial charge on any atom is -0.497 e. The number of carbonyl (C=O) groups is 2. The third-order valence-electron chi connectivity index (χ3n) is 4.56. The van der Waals surface area contributed by atoms with E-state index in [1.165, 1.54) is 5.56 Å². The molecule has 2 rings (SSSR count). The van der Waals surface area contributed by atoms with Gasteiger partial charge in [0.15, 0.2) is 0 Å². The number of carbonyl (C=O) groups excluding carboxylic acids is 2. The van der Waals surface area contributed by atoms with Crippen LogP contribution in [0.15, 0.2) is 54.6 Å². The number of thioether (sulfide) groups is 1. The van der Waals surface area contributed by atoms with Crippen molar-refractivity contribution >= 4 is 23.6 Å². The maximum Gasteiger partial charge on any atom is 0.242 e. The Labute approximate surface area is 177 Å². The third-order valence-corrected chi connectivity index (χ3v) is 5.55. The lowest BCUT2D eigenvalue weighted by atomic mass is 10.1. The summed E-state index contributed by atoms with van der Waals surface area (Å²) in [5.74, 6) is 1.68. The molecule has 29 heavy (non-hydrogen) atoms. The van der Waals surface area contributed by atoms with Crippen LogP contribution in [0.3, 0.4) is 0 Å². The van der Waals surface area contributed by atoms with Crippen molar-refractivity contribution in [2.75, 3.05) is 19.4 Å². The molecule has 2 amide bonds. The van der Waals surface area contributed by atoms with Crippen LogP contribution < -0.4 is 10.1 Å². The predicted molar refractivity (Wildman–Crippen MR) is 119 cm³/mol. The highest BCUT2D eigenvalue weighted by molar-refractivity contribution is 7.99. The lowest BCUT2D eigenvalue weighted by molar-refractivity contribution is -0.139. The summed E-state index contributed by atoms with van der Waals surface area (Å²) in [7, 11) is 1.62. The Morgan fingerprint density at radius 2 is 1.79 bits per heavy atom. The molecule has 0 aliphatic rings. The lowest BCUT2D eigenvalue weighted by Gasteiger charge is -2.30. The molecule has 0 saturated heterocycles. The highest BCUT2D eigenvalue weighted by Gasteiger charge is 2.28. The van der Waals surface area contributed by atoms with E-state index in [2.05, 4.69) is 17.4 Å². The van der Waals surface area contributed by atoms with Crippen molar-refractivity contribution < 1.29 is 14.3 Å². The van der Waals surface area contributed by atoms with E-state index < -0.39 is 6.04 Å². The quantitative estimate of drug-likeness (QED) is 0.606. The van der Waals surface area contributed by atoms with Gasteiger partial charge in [0.1, 0.15) is 11.8 Å². The molecule has 0 radical (unpaired) electrons. The van der Waals surface area contributed by atoms with Crippen LogP contribution in [0, 0.1) is 0 Å². The first kappa shape index (κ1) is 22.8. The summed E-state index contributed by atoms with van der Waals surface area (Å²) >= 11 is 1.57. The number of ether oxygens (including phenoxy) is 1. The van der Waals surface area contributed by atoms with Crippen LogP contribution in [0.1, 0.15) is 31.4 Å². The fraction of sp³-hybridized carbons (Fsp3) is 0.391. The largest absolute Gasteiger partial charge is 0.497 e. The topological polar surface area (TPSA) is 58.6 Å². The van der Waals surface area contributed by atoms with Gasteiger partial charge in [-0.15, -0.1) is 11.8 Å². The second-order valence-corrected chi connectivity index (χ2v) is 7.66. The summed E-state index contributed by atoms with van der Waals surface area (Å²) in [6.45, 7) is 4.73. The van der Waals surface area contributed by atoms with E-state index in [9.17, 15) is 9.59 Å². The molecule has 2 aromatic rings. The molecule has 1 unspecified atom stereocenters. The third kappa shape index (κ3) is 7.13. The van der Waals surface area contributed by atoms with E-state index in [-0.39, 0.29) is 11.8 Å².